The fraction of sp³-hybridized carbons (Fsp3) is 0.364. The van der Waals surface area contributed by atoms with Crippen molar-refractivity contribution in [1.82, 2.24) is 24.5 Å². The predicted octanol–water partition coefficient (Wildman–Crippen LogP) is 2.86. The molecule has 3 aromatic rings. The van der Waals surface area contributed by atoms with Gasteiger partial charge < -0.3 is 14.3 Å². The Morgan fingerprint density at radius 3 is 2.52 bits per heavy atom. The van der Waals surface area contributed by atoms with E-state index in [4.69, 9.17) is 4.52 Å². The summed E-state index contributed by atoms with van der Waals surface area (Å²) in [6.45, 7) is 7.87. The van der Waals surface area contributed by atoms with Gasteiger partial charge in [-0.25, -0.2) is 4.98 Å². The summed E-state index contributed by atoms with van der Waals surface area (Å²) in [7, 11) is 0. The molecule has 1 aliphatic heterocycles. The smallest absolute Gasteiger partial charge is 0.292 e. The van der Waals surface area contributed by atoms with Gasteiger partial charge in [-0.15, -0.1) is 0 Å². The second-order valence-electron chi connectivity index (χ2n) is 7.66. The number of carbonyl (C=O) groups is 2. The number of amides is 2. The van der Waals surface area contributed by atoms with Gasteiger partial charge in [0.1, 0.15) is 0 Å². The normalized spacial score (nSPS) is 14.2. The lowest BCUT2D eigenvalue weighted by atomic mass is 10.1. The lowest BCUT2D eigenvalue weighted by molar-refractivity contribution is -0.129. The Hall–Kier alpha value is -3.07. The number of thioether (sulfide) groups is 1. The number of aromatic nitrogens is 3. The highest BCUT2D eigenvalue weighted by Crippen LogP contribution is 2.24. The Balaban J connectivity index is 1.33. The molecular formula is C22H25N5O3S. The fourth-order valence-electron chi connectivity index (χ4n) is 3.56. The number of aryl methyl sites for hydroxylation is 3. The summed E-state index contributed by atoms with van der Waals surface area (Å²) in [5.41, 5.74) is 4.07. The van der Waals surface area contributed by atoms with Crippen LogP contribution in [0.1, 0.15) is 27.4 Å². The van der Waals surface area contributed by atoms with Crippen LogP contribution in [-0.2, 0) is 4.79 Å². The summed E-state index contributed by atoms with van der Waals surface area (Å²) < 4.78 is 7.09. The van der Waals surface area contributed by atoms with Crippen LogP contribution in [-0.4, -0.2) is 68.3 Å². The maximum absolute atomic E-state index is 12.7. The van der Waals surface area contributed by atoms with Crippen LogP contribution < -0.4 is 0 Å². The number of piperazine rings is 1. The van der Waals surface area contributed by atoms with Gasteiger partial charge in [0, 0.05) is 44.6 Å². The minimum Gasteiger partial charge on any atom is -0.351 e. The third-order valence-electron chi connectivity index (χ3n) is 5.31. The van der Waals surface area contributed by atoms with E-state index < -0.39 is 0 Å². The zero-order valence-corrected chi connectivity index (χ0v) is 18.7. The molecule has 9 heteroatoms. The van der Waals surface area contributed by atoms with E-state index in [0.717, 1.165) is 16.4 Å². The third-order valence-corrected chi connectivity index (χ3v) is 6.27. The largest absolute Gasteiger partial charge is 0.351 e. The first-order chi connectivity index (χ1) is 14.9. The molecule has 2 amide bonds. The molecule has 0 aliphatic carbocycles. The molecule has 0 saturated carbocycles. The number of rotatable bonds is 5. The van der Waals surface area contributed by atoms with Crippen LogP contribution >= 0.6 is 11.8 Å². The van der Waals surface area contributed by atoms with Crippen molar-refractivity contribution in [3.63, 3.8) is 0 Å². The maximum atomic E-state index is 12.7. The zero-order valence-electron chi connectivity index (χ0n) is 17.9. The van der Waals surface area contributed by atoms with Crippen LogP contribution in [0, 0.1) is 20.8 Å². The molecular weight excluding hydrogens is 414 g/mol. The number of hydrogen-bond donors (Lipinski definition) is 0. The average molecular weight is 440 g/mol. The SMILES string of the molecule is Cc1ccc(C)c(-n2ccnc2SCC(=O)N2CCN(C(=O)c3cc(C)no3)CC2)c1. The zero-order chi connectivity index (χ0) is 22.0. The van der Waals surface area contributed by atoms with E-state index >= 15 is 0 Å². The standard InChI is InChI=1S/C22H25N5O3S/c1-15-4-5-16(2)18(12-15)27-7-6-23-22(27)31-14-20(28)25-8-10-26(11-9-25)21(29)19-13-17(3)24-30-19/h4-7,12-13H,8-11,14H2,1-3H3. The van der Waals surface area contributed by atoms with Gasteiger partial charge in [0.15, 0.2) is 5.16 Å². The molecule has 4 rings (SSSR count). The molecule has 1 fully saturated rings. The van der Waals surface area contributed by atoms with Gasteiger partial charge in [-0.1, -0.05) is 29.1 Å². The molecule has 0 radical (unpaired) electrons. The Bertz CT molecular complexity index is 1100. The Morgan fingerprint density at radius 1 is 1.06 bits per heavy atom. The molecule has 1 aliphatic rings. The van der Waals surface area contributed by atoms with E-state index in [1.807, 2.05) is 10.8 Å². The van der Waals surface area contributed by atoms with Crippen molar-refractivity contribution in [3.05, 3.63) is 59.2 Å². The minimum atomic E-state index is -0.183. The Morgan fingerprint density at radius 2 is 1.81 bits per heavy atom. The Kier molecular flexibility index (Phi) is 6.13. The molecule has 31 heavy (non-hydrogen) atoms. The molecule has 0 spiro atoms. The summed E-state index contributed by atoms with van der Waals surface area (Å²) in [6.07, 6.45) is 3.67. The molecule has 2 aromatic heterocycles. The van der Waals surface area contributed by atoms with Gasteiger partial charge in [0.2, 0.25) is 11.7 Å². The summed E-state index contributed by atoms with van der Waals surface area (Å²) >= 11 is 1.43. The van der Waals surface area contributed by atoms with Gasteiger partial charge in [-0.3, -0.25) is 14.2 Å². The van der Waals surface area contributed by atoms with E-state index in [9.17, 15) is 9.59 Å². The average Bonchev–Trinajstić information content (AvgIpc) is 3.42. The van der Waals surface area contributed by atoms with E-state index in [1.54, 1.807) is 29.0 Å². The Labute approximate surface area is 185 Å². The summed E-state index contributed by atoms with van der Waals surface area (Å²) in [6, 6.07) is 7.93. The topological polar surface area (TPSA) is 84.5 Å². The van der Waals surface area contributed by atoms with Crippen molar-refractivity contribution in [2.45, 2.75) is 25.9 Å². The van der Waals surface area contributed by atoms with Crippen molar-refractivity contribution < 1.29 is 14.1 Å². The molecule has 162 valence electrons. The van der Waals surface area contributed by atoms with Crippen molar-refractivity contribution in [1.29, 1.82) is 0 Å². The first-order valence-electron chi connectivity index (χ1n) is 10.2. The van der Waals surface area contributed by atoms with Gasteiger partial charge in [-0.05, 0) is 38.0 Å². The molecule has 0 N–H and O–H groups in total. The fourth-order valence-corrected chi connectivity index (χ4v) is 4.42. The number of carbonyl (C=O) groups excluding carboxylic acids is 2. The van der Waals surface area contributed by atoms with E-state index in [1.165, 1.54) is 17.3 Å². The van der Waals surface area contributed by atoms with Crippen LogP contribution in [0.15, 0.2) is 46.3 Å². The number of benzene rings is 1. The van der Waals surface area contributed by atoms with E-state index in [-0.39, 0.29) is 17.6 Å². The van der Waals surface area contributed by atoms with E-state index in [0.29, 0.717) is 37.6 Å². The highest BCUT2D eigenvalue weighted by molar-refractivity contribution is 7.99. The lowest BCUT2D eigenvalue weighted by Gasteiger charge is -2.34. The highest BCUT2D eigenvalue weighted by atomic mass is 32.2. The number of hydrogen-bond acceptors (Lipinski definition) is 6. The first kappa shape index (κ1) is 21.2. The molecule has 0 unspecified atom stereocenters. The first-order valence-corrected chi connectivity index (χ1v) is 11.1. The van der Waals surface area contributed by atoms with Gasteiger partial charge >= 0.3 is 0 Å². The number of imidazole rings is 1. The maximum Gasteiger partial charge on any atom is 0.292 e. The lowest BCUT2D eigenvalue weighted by Crippen LogP contribution is -2.51. The molecule has 0 atom stereocenters. The van der Waals surface area contributed by atoms with Crippen molar-refractivity contribution in [3.8, 4) is 5.69 Å². The summed E-state index contributed by atoms with van der Waals surface area (Å²) in [4.78, 5) is 33.2. The van der Waals surface area contributed by atoms with Crippen LogP contribution in [0.3, 0.4) is 0 Å². The van der Waals surface area contributed by atoms with Crippen molar-refractivity contribution in [2.75, 3.05) is 31.9 Å². The molecule has 0 bridgehead atoms. The monoisotopic (exact) mass is 439 g/mol. The second-order valence-corrected chi connectivity index (χ2v) is 8.61. The van der Waals surface area contributed by atoms with E-state index in [2.05, 4.69) is 42.2 Å². The predicted molar refractivity (Wildman–Crippen MR) is 117 cm³/mol. The quantitative estimate of drug-likeness (QED) is 0.569. The number of nitrogens with zero attached hydrogens (tertiary/aromatic N) is 5. The second kappa shape index (κ2) is 8.97. The van der Waals surface area contributed by atoms with Crippen LogP contribution in [0.2, 0.25) is 0 Å². The summed E-state index contributed by atoms with van der Waals surface area (Å²) in [5, 5.41) is 4.55. The van der Waals surface area contributed by atoms with Crippen molar-refractivity contribution in [2.24, 2.45) is 0 Å². The molecule has 3 heterocycles. The summed E-state index contributed by atoms with van der Waals surface area (Å²) in [5.74, 6) is 0.406. The molecule has 1 aromatic carbocycles. The third kappa shape index (κ3) is 4.66. The minimum absolute atomic E-state index is 0.0446. The van der Waals surface area contributed by atoms with Crippen LogP contribution in [0.5, 0.6) is 0 Å². The van der Waals surface area contributed by atoms with Gasteiger partial charge in [0.25, 0.3) is 5.91 Å². The van der Waals surface area contributed by atoms with Crippen LogP contribution in [0.25, 0.3) is 5.69 Å². The van der Waals surface area contributed by atoms with Crippen LogP contribution in [0.4, 0.5) is 0 Å². The van der Waals surface area contributed by atoms with Gasteiger partial charge in [-0.2, -0.15) is 0 Å². The molecule has 8 nitrogen and oxygen atoms in total. The highest BCUT2D eigenvalue weighted by Gasteiger charge is 2.27. The molecule has 1 saturated heterocycles. The van der Waals surface area contributed by atoms with Gasteiger partial charge in [0.05, 0.1) is 17.1 Å². The van der Waals surface area contributed by atoms with Crippen molar-refractivity contribution >= 4 is 23.6 Å².